The normalized spacial score (nSPS) is 40.7. The minimum absolute atomic E-state index is 0.136. The Balaban J connectivity index is 1.97. The number of rotatable bonds is 10. The second-order valence-electron chi connectivity index (χ2n) is 10.5. The molecule has 160 valence electrons. The van der Waals surface area contributed by atoms with Crippen molar-refractivity contribution < 1.29 is 19.8 Å². The van der Waals surface area contributed by atoms with E-state index in [0.29, 0.717) is 13.0 Å². The summed E-state index contributed by atoms with van der Waals surface area (Å²) in [7, 11) is 0. The van der Waals surface area contributed by atoms with E-state index >= 15 is 0 Å². The predicted octanol–water partition coefficient (Wildman–Crippen LogP) is 3.51. The van der Waals surface area contributed by atoms with Crippen molar-refractivity contribution in [1.82, 2.24) is 0 Å². The summed E-state index contributed by atoms with van der Waals surface area (Å²) in [5, 5.41) is 20.1. The first-order valence-corrected chi connectivity index (χ1v) is 10.3. The molecule has 4 rings (SSSR count). The zero-order chi connectivity index (χ0) is 20.8. The molecule has 0 amide bonds. The second kappa shape index (κ2) is 7.00. The molecule has 0 saturated heterocycles. The Morgan fingerprint density at radius 1 is 1.00 bits per heavy atom. The summed E-state index contributed by atoms with van der Waals surface area (Å²) in [6, 6.07) is 0. The molecule has 4 fully saturated rings. The molecule has 4 aliphatic rings. The van der Waals surface area contributed by atoms with E-state index < -0.39 is 22.9 Å². The van der Waals surface area contributed by atoms with Crippen molar-refractivity contribution in [1.29, 1.82) is 0 Å². The quantitative estimate of drug-likeness (QED) is 0.439. The molecule has 4 aliphatic carbocycles. The lowest BCUT2D eigenvalue weighted by Crippen LogP contribution is -2.63. The third-order valence-electron chi connectivity index (χ3n) is 7.66. The van der Waals surface area contributed by atoms with Crippen molar-refractivity contribution in [2.24, 2.45) is 33.3 Å². The van der Waals surface area contributed by atoms with E-state index in [1.807, 2.05) is 6.92 Å². The Morgan fingerprint density at radius 3 is 2.07 bits per heavy atom. The lowest BCUT2D eigenvalue weighted by Gasteiger charge is -2.71. The van der Waals surface area contributed by atoms with Gasteiger partial charge in [0, 0.05) is 0 Å². The lowest BCUT2D eigenvalue weighted by atomic mass is 9.33. The van der Waals surface area contributed by atoms with Gasteiger partial charge in [0.2, 0.25) is 0 Å². The molecule has 4 atom stereocenters. The smallest absolute Gasteiger partial charge is 0.294 e. The van der Waals surface area contributed by atoms with Crippen LogP contribution in [0.5, 0.6) is 0 Å². The Hall–Kier alpha value is -1.64. The number of nitrogens with two attached hydrogens (primary N) is 1. The van der Waals surface area contributed by atoms with Crippen LogP contribution in [0, 0.1) is 47.8 Å². The van der Waals surface area contributed by atoms with Crippen LogP contribution in [0.1, 0.15) is 72.1 Å². The van der Waals surface area contributed by atoms with Gasteiger partial charge in [0.25, 0.3) is 10.2 Å². The maximum atomic E-state index is 11.1. The number of hydrogen-bond donors (Lipinski definition) is 1. The molecule has 4 bridgehead atoms. The zero-order valence-corrected chi connectivity index (χ0v) is 17.1. The van der Waals surface area contributed by atoms with Gasteiger partial charge >= 0.3 is 0 Å². The monoisotopic (exact) mass is 399 g/mol. The number of hydrogen-bond acceptors (Lipinski definition) is 7. The summed E-state index contributed by atoms with van der Waals surface area (Å²) in [6.45, 7) is 6.90. The molecule has 4 unspecified atom stereocenters. The van der Waals surface area contributed by atoms with Gasteiger partial charge in [0.05, 0.1) is 0 Å². The first kappa shape index (κ1) is 21.1. The summed E-state index contributed by atoms with van der Waals surface area (Å²) in [4.78, 5) is 31.4. The van der Waals surface area contributed by atoms with E-state index in [0.717, 1.165) is 44.9 Å². The molecule has 0 aromatic carbocycles. The molecule has 28 heavy (non-hydrogen) atoms. The van der Waals surface area contributed by atoms with E-state index in [4.69, 9.17) is 10.6 Å². The molecule has 4 saturated carbocycles. The third kappa shape index (κ3) is 3.77. The van der Waals surface area contributed by atoms with Crippen LogP contribution in [0.15, 0.2) is 0 Å². The fourth-order valence-corrected chi connectivity index (χ4v) is 8.56. The second-order valence-corrected chi connectivity index (χ2v) is 10.5. The van der Waals surface area contributed by atoms with Crippen LogP contribution < -0.4 is 5.73 Å². The SMILES string of the molecule is CCC(C(CO[N+](=O)[O-])O[N+](=O)[O-])C12CC3(C)CC(C)(CC(CCN)(C3)C1)C2. The van der Waals surface area contributed by atoms with Gasteiger partial charge in [-0.25, -0.2) is 0 Å². The standard InChI is InChI=1S/C19H33N3O6/c1-4-14(15(28-22(25)26)7-27-21(23)24)19-11-16(2)8-17(3,12-19)10-18(9-16,13-19)5-6-20/h14-15H,4-13,20H2,1-3H3. The minimum Gasteiger partial charge on any atom is -0.330 e. The van der Waals surface area contributed by atoms with Gasteiger partial charge in [-0.1, -0.05) is 27.2 Å². The van der Waals surface area contributed by atoms with Crippen LogP contribution in [-0.2, 0) is 9.68 Å². The van der Waals surface area contributed by atoms with Crippen molar-refractivity contribution in [3.05, 3.63) is 20.2 Å². The van der Waals surface area contributed by atoms with Gasteiger partial charge < -0.3 is 15.4 Å². The van der Waals surface area contributed by atoms with Gasteiger partial charge in [0.15, 0.2) is 0 Å². The predicted molar refractivity (Wildman–Crippen MR) is 101 cm³/mol. The Morgan fingerprint density at radius 2 is 1.61 bits per heavy atom. The van der Waals surface area contributed by atoms with Gasteiger partial charge in [-0.05, 0) is 79.1 Å². The van der Waals surface area contributed by atoms with Crippen LogP contribution in [-0.4, -0.2) is 29.4 Å². The van der Waals surface area contributed by atoms with Crippen LogP contribution in [0.3, 0.4) is 0 Å². The average molecular weight is 399 g/mol. The maximum Gasteiger partial charge on any atom is 0.294 e. The molecule has 2 N–H and O–H groups in total. The van der Waals surface area contributed by atoms with Crippen LogP contribution in [0.25, 0.3) is 0 Å². The molecule has 0 spiro atoms. The Bertz CT molecular complexity index is 623. The Labute approximate surface area is 165 Å². The largest absolute Gasteiger partial charge is 0.330 e. The highest BCUT2D eigenvalue weighted by molar-refractivity contribution is 5.17. The third-order valence-corrected chi connectivity index (χ3v) is 7.66. The van der Waals surface area contributed by atoms with Crippen molar-refractivity contribution in [2.75, 3.05) is 13.2 Å². The van der Waals surface area contributed by atoms with Crippen LogP contribution in [0.2, 0.25) is 0 Å². The molecule has 0 aliphatic heterocycles. The molecular weight excluding hydrogens is 366 g/mol. The molecule has 0 radical (unpaired) electrons. The topological polar surface area (TPSA) is 131 Å². The number of nitrogens with zero attached hydrogens (tertiary/aromatic N) is 2. The first-order valence-electron chi connectivity index (χ1n) is 10.3. The molecular formula is C19H33N3O6. The highest BCUT2D eigenvalue weighted by atomic mass is 17.0. The van der Waals surface area contributed by atoms with Crippen LogP contribution in [0.4, 0.5) is 0 Å². The van der Waals surface area contributed by atoms with Gasteiger partial charge in [-0.15, -0.1) is 20.2 Å². The molecule has 9 nitrogen and oxygen atoms in total. The lowest BCUT2D eigenvalue weighted by molar-refractivity contribution is -0.792. The molecule has 0 heterocycles. The Kier molecular flexibility index (Phi) is 5.27. The minimum atomic E-state index is -0.941. The van der Waals surface area contributed by atoms with Gasteiger partial charge in [0.1, 0.15) is 12.7 Å². The van der Waals surface area contributed by atoms with Gasteiger partial charge in [-0.3, -0.25) is 0 Å². The maximum absolute atomic E-state index is 11.1. The highest BCUT2D eigenvalue weighted by Gasteiger charge is 2.67. The van der Waals surface area contributed by atoms with E-state index in [1.54, 1.807) is 0 Å². The average Bonchev–Trinajstić information content (AvgIpc) is 2.48. The molecule has 0 aromatic rings. The zero-order valence-electron chi connectivity index (χ0n) is 17.1. The van der Waals surface area contributed by atoms with E-state index in [-0.39, 0.29) is 27.6 Å². The van der Waals surface area contributed by atoms with Crippen molar-refractivity contribution >= 4 is 0 Å². The van der Waals surface area contributed by atoms with Crippen molar-refractivity contribution in [3.8, 4) is 0 Å². The summed E-state index contributed by atoms with van der Waals surface area (Å²) in [5.41, 5.74) is 6.36. The van der Waals surface area contributed by atoms with Crippen molar-refractivity contribution in [2.45, 2.75) is 78.2 Å². The summed E-state index contributed by atoms with van der Waals surface area (Å²) in [6.07, 6.45) is 7.07. The highest BCUT2D eigenvalue weighted by Crippen LogP contribution is 2.76. The fourth-order valence-electron chi connectivity index (χ4n) is 8.56. The van der Waals surface area contributed by atoms with Crippen molar-refractivity contribution in [3.63, 3.8) is 0 Å². The van der Waals surface area contributed by atoms with Gasteiger partial charge in [-0.2, -0.15) is 0 Å². The molecule has 9 heteroatoms. The summed E-state index contributed by atoms with van der Waals surface area (Å²) in [5.74, 6) is -0.172. The van der Waals surface area contributed by atoms with E-state index in [2.05, 4.69) is 18.7 Å². The summed E-state index contributed by atoms with van der Waals surface area (Å²) >= 11 is 0. The first-order chi connectivity index (χ1) is 13.0. The van der Waals surface area contributed by atoms with Crippen LogP contribution >= 0.6 is 0 Å². The van der Waals surface area contributed by atoms with E-state index in [9.17, 15) is 20.2 Å². The molecule has 0 aromatic heterocycles. The fraction of sp³-hybridized carbons (Fsp3) is 1.00. The summed E-state index contributed by atoms with van der Waals surface area (Å²) < 4.78 is 0. The van der Waals surface area contributed by atoms with E-state index in [1.165, 1.54) is 0 Å².